The summed E-state index contributed by atoms with van der Waals surface area (Å²) in [7, 11) is 0. The van der Waals surface area contributed by atoms with Crippen LogP contribution in [0.2, 0.25) is 0 Å². The van der Waals surface area contributed by atoms with E-state index in [4.69, 9.17) is 4.74 Å². The quantitative estimate of drug-likeness (QED) is 0.728. The predicted octanol–water partition coefficient (Wildman–Crippen LogP) is 0.537. The van der Waals surface area contributed by atoms with Crippen molar-refractivity contribution in [1.82, 2.24) is 4.90 Å². The summed E-state index contributed by atoms with van der Waals surface area (Å²) in [5.41, 5.74) is -0.639. The van der Waals surface area contributed by atoms with Gasteiger partial charge < -0.3 is 14.7 Å². The molecule has 0 aromatic rings. The molecule has 2 aliphatic heterocycles. The van der Waals surface area contributed by atoms with E-state index >= 15 is 0 Å². The summed E-state index contributed by atoms with van der Waals surface area (Å²) < 4.78 is 5.51. The number of β-amino-alcohol motifs (C(OH)–C–C–N with tert-alkyl or cyclic N) is 1. The van der Waals surface area contributed by atoms with Gasteiger partial charge in [-0.1, -0.05) is 6.92 Å². The Balaban J connectivity index is 1.84. The second-order valence-electron chi connectivity index (χ2n) is 4.78. The Hall–Kier alpha value is -0.610. The minimum absolute atomic E-state index is 0.0532. The summed E-state index contributed by atoms with van der Waals surface area (Å²) in [5.74, 6) is 0.0532. The van der Waals surface area contributed by atoms with Gasteiger partial charge in [-0.3, -0.25) is 4.79 Å². The normalized spacial score (nSPS) is 33.9. The molecule has 2 unspecified atom stereocenters. The van der Waals surface area contributed by atoms with Crippen molar-refractivity contribution in [3.63, 3.8) is 0 Å². The first-order valence-corrected chi connectivity index (χ1v) is 5.71. The molecule has 0 aromatic carbocycles. The minimum Gasteiger partial charge on any atom is -0.386 e. The molecule has 1 N–H and O–H groups in total. The van der Waals surface area contributed by atoms with Gasteiger partial charge in [0.2, 0.25) is 0 Å². The Kier molecular flexibility index (Phi) is 2.73. The van der Waals surface area contributed by atoms with Crippen LogP contribution in [0, 0.1) is 0 Å². The van der Waals surface area contributed by atoms with Gasteiger partial charge in [-0.05, 0) is 26.2 Å². The third-order valence-electron chi connectivity index (χ3n) is 3.45. The molecule has 4 nitrogen and oxygen atoms in total. The fraction of sp³-hybridized carbons (Fsp3) is 0.909. The molecule has 0 saturated carbocycles. The van der Waals surface area contributed by atoms with Crippen LogP contribution in [0.1, 0.15) is 33.1 Å². The highest BCUT2D eigenvalue weighted by atomic mass is 16.5. The SMILES string of the molecule is CCC1(O)CN(C(=O)C2CCC(C)O2)C1. The number of carbonyl (C=O) groups is 1. The Morgan fingerprint density at radius 1 is 1.53 bits per heavy atom. The Labute approximate surface area is 90.2 Å². The smallest absolute Gasteiger partial charge is 0.251 e. The van der Waals surface area contributed by atoms with Crippen LogP contribution in [-0.2, 0) is 9.53 Å². The summed E-state index contributed by atoms with van der Waals surface area (Å²) in [4.78, 5) is 13.6. The van der Waals surface area contributed by atoms with Gasteiger partial charge >= 0.3 is 0 Å². The number of amides is 1. The van der Waals surface area contributed by atoms with Crippen LogP contribution in [0.3, 0.4) is 0 Å². The first-order chi connectivity index (χ1) is 7.04. The molecule has 86 valence electrons. The number of hydrogen-bond donors (Lipinski definition) is 1. The Morgan fingerprint density at radius 3 is 2.67 bits per heavy atom. The summed E-state index contributed by atoms with van der Waals surface area (Å²) in [6, 6.07) is 0. The molecule has 2 heterocycles. The zero-order valence-electron chi connectivity index (χ0n) is 9.40. The standard InChI is InChI=1S/C11H19NO3/c1-3-11(14)6-12(7-11)10(13)9-5-4-8(2)15-9/h8-9,14H,3-7H2,1-2H3. The van der Waals surface area contributed by atoms with E-state index in [0.717, 1.165) is 12.8 Å². The molecular weight excluding hydrogens is 194 g/mol. The Morgan fingerprint density at radius 2 is 2.20 bits per heavy atom. The molecular formula is C11H19NO3. The van der Waals surface area contributed by atoms with Crippen molar-refractivity contribution in [1.29, 1.82) is 0 Å². The Bertz CT molecular complexity index is 261. The average Bonchev–Trinajstić information content (AvgIpc) is 2.59. The minimum atomic E-state index is -0.639. The van der Waals surface area contributed by atoms with E-state index in [2.05, 4.69) is 0 Å². The molecule has 4 heteroatoms. The van der Waals surface area contributed by atoms with Gasteiger partial charge in [0, 0.05) is 0 Å². The van der Waals surface area contributed by atoms with Crippen LogP contribution >= 0.6 is 0 Å². The van der Waals surface area contributed by atoms with Gasteiger partial charge in [-0.25, -0.2) is 0 Å². The van der Waals surface area contributed by atoms with Crippen molar-refractivity contribution in [2.45, 2.75) is 50.9 Å². The third kappa shape index (κ3) is 2.01. The first-order valence-electron chi connectivity index (χ1n) is 5.71. The van der Waals surface area contributed by atoms with Crippen molar-refractivity contribution in [3.8, 4) is 0 Å². The molecule has 0 spiro atoms. The van der Waals surface area contributed by atoms with Crippen LogP contribution in [0.15, 0.2) is 0 Å². The highest BCUT2D eigenvalue weighted by molar-refractivity contribution is 5.82. The highest BCUT2D eigenvalue weighted by Gasteiger charge is 2.44. The maximum absolute atomic E-state index is 11.9. The average molecular weight is 213 g/mol. The third-order valence-corrected chi connectivity index (χ3v) is 3.45. The van der Waals surface area contributed by atoms with E-state index in [1.807, 2.05) is 13.8 Å². The second-order valence-corrected chi connectivity index (χ2v) is 4.78. The van der Waals surface area contributed by atoms with E-state index in [1.54, 1.807) is 4.90 Å². The second kappa shape index (κ2) is 3.76. The van der Waals surface area contributed by atoms with E-state index in [1.165, 1.54) is 0 Å². The van der Waals surface area contributed by atoms with E-state index in [9.17, 15) is 9.90 Å². The zero-order valence-corrected chi connectivity index (χ0v) is 9.40. The van der Waals surface area contributed by atoms with Crippen LogP contribution in [0.5, 0.6) is 0 Å². The van der Waals surface area contributed by atoms with Crippen LogP contribution < -0.4 is 0 Å². The molecule has 15 heavy (non-hydrogen) atoms. The number of ether oxygens (including phenoxy) is 1. The maximum atomic E-state index is 11.9. The molecule has 2 rings (SSSR count). The number of carbonyl (C=O) groups excluding carboxylic acids is 1. The molecule has 2 aliphatic rings. The van der Waals surface area contributed by atoms with Crippen molar-refractivity contribution in [2.24, 2.45) is 0 Å². The van der Waals surface area contributed by atoms with Gasteiger partial charge in [-0.2, -0.15) is 0 Å². The first kappa shape index (κ1) is 10.9. The summed E-state index contributed by atoms with van der Waals surface area (Å²) >= 11 is 0. The summed E-state index contributed by atoms with van der Waals surface area (Å²) in [5, 5.41) is 9.80. The molecule has 2 fully saturated rings. The van der Waals surface area contributed by atoms with Crippen molar-refractivity contribution >= 4 is 5.91 Å². The fourth-order valence-electron chi connectivity index (χ4n) is 2.23. The highest BCUT2D eigenvalue weighted by Crippen LogP contribution is 2.28. The number of hydrogen-bond acceptors (Lipinski definition) is 3. The molecule has 0 radical (unpaired) electrons. The van der Waals surface area contributed by atoms with Crippen LogP contribution in [0.25, 0.3) is 0 Å². The largest absolute Gasteiger partial charge is 0.386 e. The van der Waals surface area contributed by atoms with E-state index < -0.39 is 5.60 Å². The zero-order chi connectivity index (χ0) is 11.1. The van der Waals surface area contributed by atoms with Crippen LogP contribution in [-0.4, -0.2) is 46.8 Å². The van der Waals surface area contributed by atoms with Gasteiger partial charge in [0.1, 0.15) is 6.10 Å². The van der Waals surface area contributed by atoms with Crippen molar-refractivity contribution in [3.05, 3.63) is 0 Å². The van der Waals surface area contributed by atoms with Gasteiger partial charge in [-0.15, -0.1) is 0 Å². The lowest BCUT2D eigenvalue weighted by atomic mass is 9.91. The molecule has 0 aromatic heterocycles. The molecule has 2 saturated heterocycles. The van der Waals surface area contributed by atoms with Crippen molar-refractivity contribution in [2.75, 3.05) is 13.1 Å². The number of rotatable bonds is 2. The molecule has 0 aliphatic carbocycles. The summed E-state index contributed by atoms with van der Waals surface area (Å²) in [6.07, 6.45) is 2.42. The van der Waals surface area contributed by atoms with Crippen LogP contribution in [0.4, 0.5) is 0 Å². The molecule has 1 amide bonds. The fourth-order valence-corrected chi connectivity index (χ4v) is 2.23. The lowest BCUT2D eigenvalue weighted by molar-refractivity contribution is -0.166. The van der Waals surface area contributed by atoms with E-state index in [-0.39, 0.29) is 18.1 Å². The van der Waals surface area contributed by atoms with Crippen molar-refractivity contribution < 1.29 is 14.6 Å². The number of nitrogens with zero attached hydrogens (tertiary/aromatic N) is 1. The lowest BCUT2D eigenvalue weighted by Crippen LogP contribution is -2.64. The molecule has 0 bridgehead atoms. The predicted molar refractivity (Wildman–Crippen MR) is 55.4 cm³/mol. The lowest BCUT2D eigenvalue weighted by Gasteiger charge is -2.46. The monoisotopic (exact) mass is 213 g/mol. The van der Waals surface area contributed by atoms with Gasteiger partial charge in [0.25, 0.3) is 5.91 Å². The number of aliphatic hydroxyl groups is 1. The van der Waals surface area contributed by atoms with Gasteiger partial charge in [0.15, 0.2) is 0 Å². The number of likely N-dealkylation sites (tertiary alicyclic amines) is 1. The topological polar surface area (TPSA) is 49.8 Å². The van der Waals surface area contributed by atoms with E-state index in [0.29, 0.717) is 19.5 Å². The maximum Gasteiger partial charge on any atom is 0.251 e. The summed E-state index contributed by atoms with van der Waals surface area (Å²) in [6.45, 7) is 4.87. The molecule has 2 atom stereocenters. The van der Waals surface area contributed by atoms with Gasteiger partial charge in [0.05, 0.1) is 24.8 Å².